The lowest BCUT2D eigenvalue weighted by atomic mass is 9.82. The van der Waals surface area contributed by atoms with Gasteiger partial charge in [-0.3, -0.25) is 4.90 Å². The molecule has 1 heteroatoms. The van der Waals surface area contributed by atoms with Crippen LogP contribution in [0.25, 0.3) is 0 Å². The Hall–Kier alpha value is -0.820. The second kappa shape index (κ2) is 3.09. The van der Waals surface area contributed by atoms with Gasteiger partial charge in [-0.2, -0.15) is 0 Å². The van der Waals surface area contributed by atoms with Crippen LogP contribution in [0.4, 0.5) is 0 Å². The zero-order valence-electron chi connectivity index (χ0n) is 9.54. The van der Waals surface area contributed by atoms with Gasteiger partial charge in [0.15, 0.2) is 0 Å². The summed E-state index contributed by atoms with van der Waals surface area (Å²) in [5.41, 5.74) is 3.30. The Morgan fingerprint density at radius 3 is 2.64 bits per heavy atom. The molecule has 1 aromatic carbocycles. The smallest absolute Gasteiger partial charge is 0.0325 e. The van der Waals surface area contributed by atoms with Crippen molar-refractivity contribution in [2.75, 3.05) is 7.05 Å². The van der Waals surface area contributed by atoms with Gasteiger partial charge >= 0.3 is 0 Å². The number of nitrogens with zero attached hydrogens (tertiary/aromatic N) is 1. The van der Waals surface area contributed by atoms with Crippen molar-refractivity contribution >= 4 is 0 Å². The first-order valence-corrected chi connectivity index (χ1v) is 5.33. The minimum atomic E-state index is 0.285. The van der Waals surface area contributed by atoms with E-state index in [1.807, 2.05) is 0 Å². The molecule has 2 rings (SSSR count). The molecule has 0 bridgehead atoms. The summed E-state index contributed by atoms with van der Waals surface area (Å²) < 4.78 is 0. The van der Waals surface area contributed by atoms with Crippen molar-refractivity contribution in [2.45, 2.75) is 38.8 Å². The normalized spacial score (nSPS) is 25.9. The molecule has 1 nitrogen and oxygen atoms in total. The summed E-state index contributed by atoms with van der Waals surface area (Å²) in [4.78, 5) is 2.47. The predicted octanol–water partition coefficient (Wildman–Crippen LogP) is 3.01. The third-order valence-corrected chi connectivity index (χ3v) is 3.66. The zero-order valence-corrected chi connectivity index (χ0v) is 9.54. The molecule has 0 aliphatic carbocycles. The second-order valence-corrected chi connectivity index (χ2v) is 4.97. The number of hydrogen-bond acceptors (Lipinski definition) is 1. The SMILES string of the molecule is CC1c2ccccc2CC(C)(C)N1C. The van der Waals surface area contributed by atoms with Crippen LogP contribution in [-0.4, -0.2) is 17.5 Å². The summed E-state index contributed by atoms with van der Waals surface area (Å²) in [6, 6.07) is 9.34. The molecule has 0 aromatic heterocycles. The molecule has 0 saturated carbocycles. The summed E-state index contributed by atoms with van der Waals surface area (Å²) in [6.45, 7) is 6.93. The Morgan fingerprint density at radius 2 is 1.93 bits per heavy atom. The molecule has 1 aliphatic rings. The topological polar surface area (TPSA) is 3.24 Å². The molecule has 1 atom stereocenters. The molecular formula is C13H19N. The van der Waals surface area contributed by atoms with E-state index >= 15 is 0 Å². The molecule has 0 radical (unpaired) electrons. The average Bonchev–Trinajstić information content (AvgIpc) is 2.14. The summed E-state index contributed by atoms with van der Waals surface area (Å²) in [7, 11) is 2.22. The molecule has 0 N–H and O–H groups in total. The second-order valence-electron chi connectivity index (χ2n) is 4.97. The summed E-state index contributed by atoms with van der Waals surface area (Å²) >= 11 is 0. The van der Waals surface area contributed by atoms with Crippen LogP contribution in [0.15, 0.2) is 24.3 Å². The van der Waals surface area contributed by atoms with Gasteiger partial charge in [0.1, 0.15) is 0 Å². The first kappa shape index (κ1) is 9.72. The molecule has 0 saturated heterocycles. The highest BCUT2D eigenvalue weighted by atomic mass is 15.2. The number of hydrogen-bond donors (Lipinski definition) is 0. The molecule has 1 aromatic rings. The lowest BCUT2D eigenvalue weighted by Crippen LogP contribution is -2.47. The molecule has 1 aliphatic heterocycles. The van der Waals surface area contributed by atoms with Crippen molar-refractivity contribution in [1.29, 1.82) is 0 Å². The quantitative estimate of drug-likeness (QED) is 0.606. The van der Waals surface area contributed by atoms with Gasteiger partial charge in [-0.15, -0.1) is 0 Å². The van der Waals surface area contributed by atoms with E-state index in [0.29, 0.717) is 6.04 Å². The number of benzene rings is 1. The van der Waals surface area contributed by atoms with E-state index in [0.717, 1.165) is 6.42 Å². The van der Waals surface area contributed by atoms with Gasteiger partial charge in [-0.05, 0) is 45.4 Å². The Bertz CT molecular complexity index is 341. The van der Waals surface area contributed by atoms with Crippen LogP contribution in [0.5, 0.6) is 0 Å². The van der Waals surface area contributed by atoms with Crippen LogP contribution in [0.2, 0.25) is 0 Å². The lowest BCUT2D eigenvalue weighted by molar-refractivity contribution is 0.0946. The van der Waals surface area contributed by atoms with Gasteiger partial charge in [-0.1, -0.05) is 24.3 Å². The minimum absolute atomic E-state index is 0.285. The largest absolute Gasteiger partial charge is 0.294 e. The first-order valence-electron chi connectivity index (χ1n) is 5.33. The Balaban J connectivity index is 2.48. The van der Waals surface area contributed by atoms with Crippen molar-refractivity contribution in [2.24, 2.45) is 0 Å². The van der Waals surface area contributed by atoms with Crippen molar-refractivity contribution < 1.29 is 0 Å². The van der Waals surface area contributed by atoms with Gasteiger partial charge in [0.2, 0.25) is 0 Å². The van der Waals surface area contributed by atoms with Crippen LogP contribution < -0.4 is 0 Å². The maximum absolute atomic E-state index is 2.47. The summed E-state index contributed by atoms with van der Waals surface area (Å²) in [6.07, 6.45) is 1.16. The Kier molecular flexibility index (Phi) is 2.15. The highest BCUT2D eigenvalue weighted by molar-refractivity contribution is 5.34. The van der Waals surface area contributed by atoms with E-state index < -0.39 is 0 Å². The van der Waals surface area contributed by atoms with Crippen LogP contribution in [0.1, 0.15) is 37.9 Å². The van der Waals surface area contributed by atoms with Gasteiger partial charge in [-0.25, -0.2) is 0 Å². The number of rotatable bonds is 0. The van der Waals surface area contributed by atoms with E-state index in [1.54, 1.807) is 0 Å². The summed E-state index contributed by atoms with van der Waals surface area (Å²) in [5.74, 6) is 0. The molecule has 1 unspecified atom stereocenters. The third-order valence-electron chi connectivity index (χ3n) is 3.66. The van der Waals surface area contributed by atoms with E-state index in [4.69, 9.17) is 0 Å². The van der Waals surface area contributed by atoms with Gasteiger partial charge in [0.05, 0.1) is 0 Å². The molecule has 14 heavy (non-hydrogen) atoms. The highest BCUT2D eigenvalue weighted by Crippen LogP contribution is 2.36. The zero-order chi connectivity index (χ0) is 10.3. The molecular weight excluding hydrogens is 170 g/mol. The summed E-state index contributed by atoms with van der Waals surface area (Å²) in [5, 5.41) is 0. The van der Waals surface area contributed by atoms with Crippen LogP contribution >= 0.6 is 0 Å². The Morgan fingerprint density at radius 1 is 1.29 bits per heavy atom. The number of fused-ring (bicyclic) bond motifs is 1. The van der Waals surface area contributed by atoms with Gasteiger partial charge < -0.3 is 0 Å². The fraction of sp³-hybridized carbons (Fsp3) is 0.538. The van der Waals surface area contributed by atoms with E-state index in [1.165, 1.54) is 11.1 Å². The third kappa shape index (κ3) is 1.36. The minimum Gasteiger partial charge on any atom is -0.294 e. The number of likely N-dealkylation sites (N-methyl/N-ethyl adjacent to an activating group) is 1. The van der Waals surface area contributed by atoms with Crippen molar-refractivity contribution in [3.05, 3.63) is 35.4 Å². The fourth-order valence-electron chi connectivity index (χ4n) is 2.43. The maximum Gasteiger partial charge on any atom is 0.0325 e. The van der Waals surface area contributed by atoms with Crippen LogP contribution in [0, 0.1) is 0 Å². The molecule has 0 amide bonds. The molecule has 0 fully saturated rings. The molecule has 76 valence electrons. The first-order chi connectivity index (χ1) is 6.52. The van der Waals surface area contributed by atoms with E-state index in [2.05, 4.69) is 57.0 Å². The monoisotopic (exact) mass is 189 g/mol. The maximum atomic E-state index is 2.47. The van der Waals surface area contributed by atoms with E-state index in [9.17, 15) is 0 Å². The van der Waals surface area contributed by atoms with Gasteiger partial charge in [0.25, 0.3) is 0 Å². The van der Waals surface area contributed by atoms with Crippen molar-refractivity contribution in [1.82, 2.24) is 4.90 Å². The van der Waals surface area contributed by atoms with Crippen molar-refractivity contribution in [3.63, 3.8) is 0 Å². The van der Waals surface area contributed by atoms with Gasteiger partial charge in [0, 0.05) is 11.6 Å². The fourth-order valence-corrected chi connectivity index (χ4v) is 2.43. The standard InChI is InChI=1S/C13H19N/c1-10-12-8-6-5-7-11(12)9-13(2,3)14(10)4/h5-8,10H,9H2,1-4H3. The lowest BCUT2D eigenvalue weighted by Gasteiger charge is -2.45. The average molecular weight is 189 g/mol. The molecule has 1 heterocycles. The van der Waals surface area contributed by atoms with E-state index in [-0.39, 0.29) is 5.54 Å². The molecule has 0 spiro atoms. The predicted molar refractivity (Wildman–Crippen MR) is 60.4 cm³/mol. The van der Waals surface area contributed by atoms with Crippen LogP contribution in [-0.2, 0) is 6.42 Å². The van der Waals surface area contributed by atoms with Crippen LogP contribution in [0.3, 0.4) is 0 Å². The highest BCUT2D eigenvalue weighted by Gasteiger charge is 2.34. The van der Waals surface area contributed by atoms with Crippen molar-refractivity contribution in [3.8, 4) is 0 Å². The Labute approximate surface area is 86.7 Å².